The minimum atomic E-state index is -0.232. The van der Waals surface area contributed by atoms with Crippen molar-refractivity contribution < 1.29 is 4.79 Å². The molecule has 0 aliphatic rings. The Morgan fingerprint density at radius 1 is 1.89 bits per heavy atom. The van der Waals surface area contributed by atoms with Crippen molar-refractivity contribution in [3.05, 3.63) is 0 Å². The maximum atomic E-state index is 10.2. The fourth-order valence-electron chi connectivity index (χ4n) is 0.398. The van der Waals surface area contributed by atoms with Crippen LogP contribution in [-0.4, -0.2) is 11.2 Å². The first-order valence-corrected chi connectivity index (χ1v) is 4.68. The van der Waals surface area contributed by atoms with Crippen LogP contribution >= 0.6 is 22.5 Å². The Morgan fingerprint density at radius 3 is 2.78 bits per heavy atom. The van der Waals surface area contributed by atoms with Gasteiger partial charge in [0.25, 0.3) is 0 Å². The van der Waals surface area contributed by atoms with E-state index in [1.54, 1.807) is 0 Å². The first kappa shape index (κ1) is 9.17. The summed E-state index contributed by atoms with van der Waals surface area (Å²) in [5, 5.41) is 0.417. The van der Waals surface area contributed by atoms with Gasteiger partial charge in [-0.15, -0.1) is 11.7 Å². The summed E-state index contributed by atoms with van der Waals surface area (Å²) in [6.45, 7) is 2.01. The number of primary amides is 1. The number of hydrogen-bond donors (Lipinski definition) is 2. The molecule has 0 spiro atoms. The van der Waals surface area contributed by atoms with Gasteiger partial charge in [0, 0.05) is 11.7 Å². The summed E-state index contributed by atoms with van der Waals surface area (Å²) in [6, 6.07) is 0. The lowest BCUT2D eigenvalue weighted by molar-refractivity contribution is -0.118. The van der Waals surface area contributed by atoms with Crippen molar-refractivity contribution in [1.29, 1.82) is 0 Å². The van der Waals surface area contributed by atoms with Crippen molar-refractivity contribution in [1.82, 2.24) is 0 Å². The topological polar surface area (TPSA) is 43.1 Å². The van der Waals surface area contributed by atoms with E-state index in [9.17, 15) is 4.79 Å². The van der Waals surface area contributed by atoms with Gasteiger partial charge in [-0.25, -0.2) is 0 Å². The molecule has 0 aromatic rings. The van der Waals surface area contributed by atoms with E-state index in [1.807, 2.05) is 6.92 Å². The molecule has 54 valence electrons. The van der Waals surface area contributed by atoms with Crippen LogP contribution in [0.3, 0.4) is 0 Å². The van der Waals surface area contributed by atoms with E-state index in [2.05, 4.69) is 11.7 Å². The zero-order chi connectivity index (χ0) is 7.28. The Hall–Kier alpha value is 0.170. The van der Waals surface area contributed by atoms with Gasteiger partial charge >= 0.3 is 0 Å². The second-order valence-corrected chi connectivity index (χ2v) is 3.57. The van der Waals surface area contributed by atoms with Gasteiger partial charge in [0.2, 0.25) is 5.91 Å². The Bertz CT molecular complexity index is 97.0. The van der Waals surface area contributed by atoms with E-state index < -0.39 is 0 Å². The molecule has 1 amide bonds. The summed E-state index contributed by atoms with van der Waals surface area (Å²) in [4.78, 5) is 10.2. The molecule has 0 heterocycles. The molecule has 0 aromatic carbocycles. The zero-order valence-corrected chi connectivity index (χ0v) is 7.04. The molecule has 0 fully saturated rings. The lowest BCUT2D eigenvalue weighted by Gasteiger charge is -2.02. The molecule has 0 radical (unpaired) electrons. The normalized spacial score (nSPS) is 13.1. The number of carbonyl (C=O) groups excluding carboxylic acids is 1. The molecule has 4 heteroatoms. The number of nitrogens with two attached hydrogens (primary N) is 1. The number of carbonyl (C=O) groups is 1. The molecule has 9 heavy (non-hydrogen) atoms. The molecule has 0 bridgehead atoms. The number of hydrogen-bond acceptors (Lipinski definition) is 3. The summed E-state index contributed by atoms with van der Waals surface area (Å²) >= 11 is 3.98. The number of thiol groups is 1. The Labute approximate surface area is 64.4 Å². The smallest absolute Gasteiger partial charge is 0.217 e. The minimum absolute atomic E-state index is 0.232. The van der Waals surface area contributed by atoms with Gasteiger partial charge in [-0.1, -0.05) is 17.7 Å². The third-order valence-electron chi connectivity index (χ3n) is 0.977. The number of rotatable bonds is 4. The lowest BCUT2D eigenvalue weighted by atomic mass is 10.2. The fraction of sp³-hybridized carbons (Fsp3) is 0.800. The van der Waals surface area contributed by atoms with Gasteiger partial charge in [0.1, 0.15) is 0 Å². The third kappa shape index (κ3) is 6.05. The average molecular weight is 165 g/mol. The molecule has 0 rings (SSSR count). The highest BCUT2D eigenvalue weighted by molar-refractivity contribution is 8.68. The largest absolute Gasteiger partial charge is 0.370 e. The molecule has 2 N–H and O–H groups in total. The first-order chi connectivity index (χ1) is 4.16. The van der Waals surface area contributed by atoms with E-state index in [1.165, 1.54) is 10.8 Å². The van der Waals surface area contributed by atoms with Gasteiger partial charge in [-0.3, -0.25) is 4.79 Å². The quantitative estimate of drug-likeness (QED) is 0.486. The molecular weight excluding hydrogens is 154 g/mol. The highest BCUT2D eigenvalue weighted by atomic mass is 33.1. The van der Waals surface area contributed by atoms with Crippen LogP contribution in [0.25, 0.3) is 0 Å². The summed E-state index contributed by atoms with van der Waals surface area (Å²) in [5.74, 6) is -0.232. The van der Waals surface area contributed by atoms with Crippen LogP contribution in [0, 0.1) is 0 Å². The van der Waals surface area contributed by atoms with Crippen molar-refractivity contribution in [3.8, 4) is 0 Å². The van der Waals surface area contributed by atoms with E-state index >= 15 is 0 Å². The van der Waals surface area contributed by atoms with Crippen molar-refractivity contribution in [2.75, 3.05) is 0 Å². The van der Waals surface area contributed by atoms with Crippen LogP contribution in [0.4, 0.5) is 0 Å². The van der Waals surface area contributed by atoms with Crippen molar-refractivity contribution >= 4 is 28.4 Å². The number of amides is 1. The SMILES string of the molecule is CC(CCC(N)=O)SS. The third-order valence-corrected chi connectivity index (χ3v) is 2.65. The molecular formula is C5H11NOS2. The molecule has 1 atom stereocenters. The van der Waals surface area contributed by atoms with Gasteiger partial charge in [0.05, 0.1) is 0 Å². The second kappa shape index (κ2) is 4.99. The van der Waals surface area contributed by atoms with Gasteiger partial charge in [-0.2, -0.15) is 0 Å². The molecule has 2 nitrogen and oxygen atoms in total. The highest BCUT2D eigenvalue weighted by Gasteiger charge is 2.01. The Kier molecular flexibility index (Phi) is 5.09. The summed E-state index contributed by atoms with van der Waals surface area (Å²) in [5.41, 5.74) is 4.92. The fourth-order valence-corrected chi connectivity index (χ4v) is 0.938. The summed E-state index contributed by atoms with van der Waals surface area (Å²) < 4.78 is 0. The predicted molar refractivity (Wildman–Crippen MR) is 44.5 cm³/mol. The van der Waals surface area contributed by atoms with Gasteiger partial charge in [0.15, 0.2) is 0 Å². The van der Waals surface area contributed by atoms with Crippen molar-refractivity contribution in [3.63, 3.8) is 0 Å². The summed E-state index contributed by atoms with van der Waals surface area (Å²) in [6.07, 6.45) is 1.29. The minimum Gasteiger partial charge on any atom is -0.370 e. The van der Waals surface area contributed by atoms with E-state index in [4.69, 9.17) is 5.73 Å². The van der Waals surface area contributed by atoms with Crippen LogP contribution in [0.15, 0.2) is 0 Å². The molecule has 0 saturated heterocycles. The molecule has 0 aliphatic heterocycles. The van der Waals surface area contributed by atoms with Crippen LogP contribution in [0.5, 0.6) is 0 Å². The summed E-state index contributed by atoms with van der Waals surface area (Å²) in [7, 11) is 1.45. The first-order valence-electron chi connectivity index (χ1n) is 2.75. The Balaban J connectivity index is 3.16. The lowest BCUT2D eigenvalue weighted by Crippen LogP contribution is -2.11. The van der Waals surface area contributed by atoms with E-state index in [0.717, 1.165) is 6.42 Å². The van der Waals surface area contributed by atoms with E-state index in [-0.39, 0.29) is 5.91 Å². The van der Waals surface area contributed by atoms with Gasteiger partial charge in [-0.05, 0) is 6.42 Å². The molecule has 1 unspecified atom stereocenters. The Morgan fingerprint density at radius 2 is 2.44 bits per heavy atom. The van der Waals surface area contributed by atoms with E-state index in [0.29, 0.717) is 11.7 Å². The molecule has 0 aromatic heterocycles. The van der Waals surface area contributed by atoms with Crippen LogP contribution in [0.1, 0.15) is 19.8 Å². The van der Waals surface area contributed by atoms with Crippen LogP contribution in [0.2, 0.25) is 0 Å². The zero-order valence-electron chi connectivity index (χ0n) is 5.33. The molecule has 0 saturated carbocycles. The molecule has 0 aliphatic carbocycles. The standard InChI is InChI=1S/C5H11NOS2/c1-4(9-8)2-3-5(6)7/h4,8H,2-3H2,1H3,(H2,6,7). The van der Waals surface area contributed by atoms with Crippen molar-refractivity contribution in [2.24, 2.45) is 5.73 Å². The van der Waals surface area contributed by atoms with Crippen molar-refractivity contribution in [2.45, 2.75) is 25.0 Å². The maximum absolute atomic E-state index is 10.2. The second-order valence-electron chi connectivity index (χ2n) is 1.92. The van der Waals surface area contributed by atoms with Crippen LogP contribution < -0.4 is 5.73 Å². The highest BCUT2D eigenvalue weighted by Crippen LogP contribution is 2.18. The van der Waals surface area contributed by atoms with Gasteiger partial charge < -0.3 is 5.73 Å². The predicted octanol–water partition coefficient (Wildman–Crippen LogP) is 1.22. The average Bonchev–Trinajstić information content (AvgIpc) is 1.83. The monoisotopic (exact) mass is 165 g/mol. The van der Waals surface area contributed by atoms with Crippen LogP contribution in [-0.2, 0) is 4.79 Å². The maximum Gasteiger partial charge on any atom is 0.217 e.